The standard InChI is InChI=1S/C22H29FN2O3S/c1-4-29-21-20(22(26)27)15(2)12-19(24-10-8-18(28-3)9-11-24)25(21)14-16-6-5-7-17(23)13-16/h5-7,12-13,18-19H,4,8-11,14H2,1-3H3,(H,26,27). The molecule has 0 aliphatic carbocycles. The molecule has 1 unspecified atom stereocenters. The van der Waals surface area contributed by atoms with E-state index >= 15 is 0 Å². The van der Waals surface area contributed by atoms with Crippen molar-refractivity contribution in [1.82, 2.24) is 9.80 Å². The van der Waals surface area contributed by atoms with Gasteiger partial charge in [0.05, 0.1) is 16.7 Å². The Hall–Kier alpha value is -1.83. The first-order chi connectivity index (χ1) is 13.9. The summed E-state index contributed by atoms with van der Waals surface area (Å²) < 4.78 is 19.3. The second kappa shape index (κ2) is 9.78. The van der Waals surface area contributed by atoms with Gasteiger partial charge in [-0.1, -0.05) is 19.1 Å². The Morgan fingerprint density at radius 1 is 1.34 bits per heavy atom. The second-order valence-electron chi connectivity index (χ2n) is 7.41. The number of carboxylic acids is 1. The van der Waals surface area contributed by atoms with E-state index in [1.54, 1.807) is 13.2 Å². The molecule has 1 N–H and O–H groups in total. The van der Waals surface area contributed by atoms with Gasteiger partial charge in [0.1, 0.15) is 12.0 Å². The van der Waals surface area contributed by atoms with Crippen molar-refractivity contribution < 1.29 is 19.0 Å². The average molecular weight is 421 g/mol. The van der Waals surface area contributed by atoms with E-state index in [0.29, 0.717) is 12.1 Å². The summed E-state index contributed by atoms with van der Waals surface area (Å²) in [5.74, 6) is -0.441. The minimum atomic E-state index is -0.921. The Morgan fingerprint density at radius 3 is 2.66 bits per heavy atom. The van der Waals surface area contributed by atoms with Crippen LogP contribution in [0.3, 0.4) is 0 Å². The number of hydrogen-bond donors (Lipinski definition) is 1. The molecule has 1 fully saturated rings. The highest BCUT2D eigenvalue weighted by Crippen LogP contribution is 2.37. The molecule has 2 aliphatic rings. The molecule has 7 heteroatoms. The number of likely N-dealkylation sites (tertiary alicyclic amines) is 1. The van der Waals surface area contributed by atoms with Gasteiger partial charge in [-0.3, -0.25) is 4.90 Å². The quantitative estimate of drug-likeness (QED) is 0.718. The van der Waals surface area contributed by atoms with Crippen LogP contribution in [0, 0.1) is 5.82 Å². The lowest BCUT2D eigenvalue weighted by molar-refractivity contribution is -0.132. The van der Waals surface area contributed by atoms with Gasteiger partial charge in [0, 0.05) is 26.7 Å². The molecule has 3 rings (SSSR count). The molecule has 0 saturated carbocycles. The summed E-state index contributed by atoms with van der Waals surface area (Å²) in [6.07, 6.45) is 4.13. The van der Waals surface area contributed by atoms with Crippen LogP contribution in [-0.2, 0) is 16.1 Å². The summed E-state index contributed by atoms with van der Waals surface area (Å²) in [7, 11) is 1.75. The number of ether oxygens (including phenoxy) is 1. The maximum atomic E-state index is 13.8. The molecule has 2 aliphatic heterocycles. The van der Waals surface area contributed by atoms with Crippen molar-refractivity contribution in [2.24, 2.45) is 0 Å². The van der Waals surface area contributed by atoms with Crippen molar-refractivity contribution in [2.45, 2.75) is 45.5 Å². The normalized spacial score (nSPS) is 21.4. The smallest absolute Gasteiger partial charge is 0.338 e. The molecule has 0 amide bonds. The van der Waals surface area contributed by atoms with Crippen LogP contribution < -0.4 is 0 Å². The van der Waals surface area contributed by atoms with E-state index in [1.165, 1.54) is 23.9 Å². The minimum Gasteiger partial charge on any atom is -0.478 e. The molecule has 5 nitrogen and oxygen atoms in total. The third-order valence-electron chi connectivity index (χ3n) is 5.51. The maximum Gasteiger partial charge on any atom is 0.338 e. The molecule has 1 aromatic rings. The Morgan fingerprint density at radius 2 is 2.07 bits per heavy atom. The zero-order valence-corrected chi connectivity index (χ0v) is 18.0. The van der Waals surface area contributed by atoms with Crippen molar-refractivity contribution in [1.29, 1.82) is 0 Å². The van der Waals surface area contributed by atoms with Gasteiger partial charge >= 0.3 is 5.97 Å². The van der Waals surface area contributed by atoms with E-state index in [1.807, 2.05) is 26.0 Å². The maximum absolute atomic E-state index is 13.8. The first-order valence-corrected chi connectivity index (χ1v) is 11.0. The van der Waals surface area contributed by atoms with Crippen LogP contribution in [0.5, 0.6) is 0 Å². The molecular formula is C22H29FN2O3S. The summed E-state index contributed by atoms with van der Waals surface area (Å²) in [5, 5.41) is 10.6. The van der Waals surface area contributed by atoms with Crippen LogP contribution in [0.15, 0.2) is 46.5 Å². The number of halogens is 1. The average Bonchev–Trinajstić information content (AvgIpc) is 2.70. The van der Waals surface area contributed by atoms with Gasteiger partial charge in [-0.25, -0.2) is 9.18 Å². The molecule has 1 atom stereocenters. The number of benzene rings is 1. The predicted octanol–water partition coefficient (Wildman–Crippen LogP) is 4.07. The van der Waals surface area contributed by atoms with E-state index in [4.69, 9.17) is 4.74 Å². The number of thioether (sulfide) groups is 1. The van der Waals surface area contributed by atoms with Gasteiger partial charge in [0.15, 0.2) is 0 Å². The van der Waals surface area contributed by atoms with Gasteiger partial charge in [0.2, 0.25) is 0 Å². The Bertz CT molecular complexity index is 803. The van der Waals surface area contributed by atoms with Crippen molar-refractivity contribution in [3.05, 3.63) is 57.9 Å². The number of nitrogens with zero attached hydrogens (tertiary/aromatic N) is 2. The molecule has 0 bridgehead atoms. The fraction of sp³-hybridized carbons (Fsp3) is 0.500. The molecule has 1 saturated heterocycles. The highest BCUT2D eigenvalue weighted by Gasteiger charge is 2.35. The van der Waals surface area contributed by atoms with Gasteiger partial charge < -0.3 is 14.7 Å². The van der Waals surface area contributed by atoms with Crippen molar-refractivity contribution in [2.75, 3.05) is 26.0 Å². The first-order valence-electron chi connectivity index (χ1n) is 10.0. The summed E-state index contributed by atoms with van der Waals surface area (Å²) in [6, 6.07) is 6.53. The topological polar surface area (TPSA) is 53.0 Å². The summed E-state index contributed by atoms with van der Waals surface area (Å²) in [5.41, 5.74) is 1.95. The van der Waals surface area contributed by atoms with Crippen LogP contribution in [0.2, 0.25) is 0 Å². The van der Waals surface area contributed by atoms with Crippen LogP contribution in [0.25, 0.3) is 0 Å². The van der Waals surface area contributed by atoms with Crippen LogP contribution in [-0.4, -0.2) is 59.1 Å². The van der Waals surface area contributed by atoms with Crippen molar-refractivity contribution in [3.63, 3.8) is 0 Å². The van der Waals surface area contributed by atoms with Crippen LogP contribution >= 0.6 is 11.8 Å². The van der Waals surface area contributed by atoms with Crippen molar-refractivity contribution >= 4 is 17.7 Å². The van der Waals surface area contributed by atoms with E-state index < -0.39 is 5.97 Å². The van der Waals surface area contributed by atoms with Gasteiger partial charge in [-0.05, 0) is 54.9 Å². The van der Waals surface area contributed by atoms with E-state index in [2.05, 4.69) is 9.80 Å². The molecule has 29 heavy (non-hydrogen) atoms. The van der Waals surface area contributed by atoms with Crippen LogP contribution in [0.4, 0.5) is 4.39 Å². The fourth-order valence-electron chi connectivity index (χ4n) is 4.06. The lowest BCUT2D eigenvalue weighted by Crippen LogP contribution is -2.51. The SMILES string of the molecule is CCSC1=C(C(=O)O)C(C)=CC(N2CCC(OC)CC2)N1Cc1cccc(F)c1. The number of carbonyl (C=O) groups is 1. The third-order valence-corrected chi connectivity index (χ3v) is 6.51. The number of carboxylic acid groups (broad SMARTS) is 1. The predicted molar refractivity (Wildman–Crippen MR) is 114 cm³/mol. The molecule has 0 radical (unpaired) electrons. The second-order valence-corrected chi connectivity index (χ2v) is 8.66. The van der Waals surface area contributed by atoms with Gasteiger partial charge in [0.25, 0.3) is 0 Å². The third kappa shape index (κ3) is 5.02. The first kappa shape index (κ1) is 21.9. The number of piperidine rings is 1. The number of rotatable bonds is 7. The Labute approximate surface area is 176 Å². The summed E-state index contributed by atoms with van der Waals surface area (Å²) >= 11 is 1.54. The number of hydrogen-bond acceptors (Lipinski definition) is 5. The minimum absolute atomic E-state index is 0.0618. The number of aliphatic carboxylic acids is 1. The molecule has 1 aromatic carbocycles. The Balaban J connectivity index is 1.97. The fourth-order valence-corrected chi connectivity index (χ4v) is 5.06. The number of methoxy groups -OCH3 is 1. The van der Waals surface area contributed by atoms with E-state index in [9.17, 15) is 14.3 Å². The highest BCUT2D eigenvalue weighted by molar-refractivity contribution is 8.03. The molecule has 0 aromatic heterocycles. The zero-order valence-electron chi connectivity index (χ0n) is 17.2. The lowest BCUT2D eigenvalue weighted by atomic mass is 10.0. The van der Waals surface area contributed by atoms with E-state index in [-0.39, 0.29) is 18.1 Å². The molecule has 0 spiro atoms. The van der Waals surface area contributed by atoms with Gasteiger partial charge in [-0.2, -0.15) is 0 Å². The van der Waals surface area contributed by atoms with Crippen molar-refractivity contribution in [3.8, 4) is 0 Å². The lowest BCUT2D eigenvalue weighted by Gasteiger charge is -2.45. The summed E-state index contributed by atoms with van der Waals surface area (Å²) in [4.78, 5) is 16.5. The summed E-state index contributed by atoms with van der Waals surface area (Å²) in [6.45, 7) is 6.09. The highest BCUT2D eigenvalue weighted by atomic mass is 32.2. The van der Waals surface area contributed by atoms with Crippen LogP contribution in [0.1, 0.15) is 32.3 Å². The Kier molecular flexibility index (Phi) is 7.38. The largest absolute Gasteiger partial charge is 0.478 e. The monoisotopic (exact) mass is 420 g/mol. The van der Waals surface area contributed by atoms with Gasteiger partial charge in [-0.15, -0.1) is 11.8 Å². The molecule has 158 valence electrons. The molecular weight excluding hydrogens is 391 g/mol. The zero-order chi connectivity index (χ0) is 21.0. The molecule has 2 heterocycles. The van der Waals surface area contributed by atoms with E-state index in [0.717, 1.165) is 47.8 Å².